The number of methoxy groups -OCH3 is 1. The number of phenols is 1. The van der Waals surface area contributed by atoms with Gasteiger partial charge in [0, 0.05) is 24.8 Å². The van der Waals surface area contributed by atoms with Gasteiger partial charge in [-0.2, -0.15) is 0 Å². The van der Waals surface area contributed by atoms with E-state index in [9.17, 15) is 10.2 Å². The third-order valence-electron chi connectivity index (χ3n) is 3.83. The van der Waals surface area contributed by atoms with E-state index in [2.05, 4.69) is 17.0 Å². The van der Waals surface area contributed by atoms with Crippen molar-refractivity contribution in [2.24, 2.45) is 0 Å². The van der Waals surface area contributed by atoms with Gasteiger partial charge in [-0.15, -0.1) is 0 Å². The molecular formula is C18H23NO3. The molecule has 0 heterocycles. The fraction of sp³-hybridized carbons (Fsp3) is 0.333. The van der Waals surface area contributed by atoms with Crippen molar-refractivity contribution in [2.75, 3.05) is 20.8 Å². The van der Waals surface area contributed by atoms with Crippen LogP contribution in [0.25, 0.3) is 0 Å². The Morgan fingerprint density at radius 1 is 1.14 bits per heavy atom. The zero-order valence-electron chi connectivity index (χ0n) is 13.1. The van der Waals surface area contributed by atoms with E-state index >= 15 is 0 Å². The number of ether oxygens (including phenoxy) is 1. The molecule has 0 aliphatic heterocycles. The smallest absolute Gasteiger partial charge is 0.120 e. The van der Waals surface area contributed by atoms with Crippen LogP contribution in [0.15, 0.2) is 48.5 Å². The van der Waals surface area contributed by atoms with Crippen LogP contribution in [-0.4, -0.2) is 35.9 Å². The Kier molecular flexibility index (Phi) is 5.81. The van der Waals surface area contributed by atoms with Gasteiger partial charge < -0.3 is 14.9 Å². The van der Waals surface area contributed by atoms with E-state index in [1.807, 2.05) is 31.3 Å². The predicted molar refractivity (Wildman–Crippen MR) is 87.0 cm³/mol. The number of benzene rings is 2. The van der Waals surface area contributed by atoms with Gasteiger partial charge in [-0.3, -0.25) is 4.90 Å². The topological polar surface area (TPSA) is 52.9 Å². The minimum atomic E-state index is 0.0943. The van der Waals surface area contributed by atoms with E-state index in [1.54, 1.807) is 19.2 Å². The standard InChI is InChI=1S/C18H23NO3/c1-19(13-15-12-16(22-2)8-9-18(15)21)17(10-11-20)14-6-4-3-5-7-14/h3-9,12,17,20-21H,10-11,13H2,1-2H3. The quantitative estimate of drug-likeness (QED) is 0.825. The molecule has 2 rings (SSSR count). The van der Waals surface area contributed by atoms with Gasteiger partial charge in [0.1, 0.15) is 11.5 Å². The molecule has 22 heavy (non-hydrogen) atoms. The minimum absolute atomic E-state index is 0.0943. The largest absolute Gasteiger partial charge is 0.508 e. The molecule has 2 N–H and O–H groups in total. The van der Waals surface area contributed by atoms with Crippen LogP contribution in [0.3, 0.4) is 0 Å². The van der Waals surface area contributed by atoms with E-state index in [4.69, 9.17) is 4.74 Å². The molecule has 0 aliphatic carbocycles. The van der Waals surface area contributed by atoms with Crippen LogP contribution in [0.5, 0.6) is 11.5 Å². The Morgan fingerprint density at radius 2 is 1.86 bits per heavy atom. The maximum atomic E-state index is 10.0. The molecule has 0 fully saturated rings. The number of aliphatic hydroxyl groups excluding tert-OH is 1. The highest BCUT2D eigenvalue weighted by Crippen LogP contribution is 2.28. The van der Waals surface area contributed by atoms with Crippen LogP contribution in [0, 0.1) is 0 Å². The fourth-order valence-electron chi connectivity index (χ4n) is 2.63. The Morgan fingerprint density at radius 3 is 2.50 bits per heavy atom. The fourth-order valence-corrected chi connectivity index (χ4v) is 2.63. The highest BCUT2D eigenvalue weighted by molar-refractivity contribution is 5.39. The van der Waals surface area contributed by atoms with Crippen molar-refractivity contribution >= 4 is 0 Å². The lowest BCUT2D eigenvalue weighted by Crippen LogP contribution is -2.25. The third kappa shape index (κ3) is 4.00. The van der Waals surface area contributed by atoms with E-state index in [0.29, 0.717) is 13.0 Å². The number of hydrogen-bond donors (Lipinski definition) is 2. The normalized spacial score (nSPS) is 12.4. The molecule has 4 heteroatoms. The van der Waals surface area contributed by atoms with Gasteiger partial charge in [0.2, 0.25) is 0 Å². The number of rotatable bonds is 7. The monoisotopic (exact) mass is 301 g/mol. The molecule has 0 saturated carbocycles. The summed E-state index contributed by atoms with van der Waals surface area (Å²) >= 11 is 0. The summed E-state index contributed by atoms with van der Waals surface area (Å²) < 4.78 is 5.21. The summed E-state index contributed by atoms with van der Waals surface area (Å²) in [5, 5.41) is 19.4. The number of aromatic hydroxyl groups is 1. The molecule has 0 saturated heterocycles. The van der Waals surface area contributed by atoms with E-state index < -0.39 is 0 Å². The Hall–Kier alpha value is -2.04. The van der Waals surface area contributed by atoms with Crippen molar-refractivity contribution in [3.63, 3.8) is 0 Å². The predicted octanol–water partition coefficient (Wildman–Crippen LogP) is 2.96. The molecular weight excluding hydrogens is 278 g/mol. The minimum Gasteiger partial charge on any atom is -0.508 e. The van der Waals surface area contributed by atoms with Crippen molar-refractivity contribution < 1.29 is 14.9 Å². The molecule has 2 aromatic rings. The second-order valence-electron chi connectivity index (χ2n) is 5.35. The molecule has 0 bridgehead atoms. The van der Waals surface area contributed by atoms with Crippen molar-refractivity contribution in [2.45, 2.75) is 19.0 Å². The van der Waals surface area contributed by atoms with E-state index in [-0.39, 0.29) is 18.4 Å². The van der Waals surface area contributed by atoms with Crippen molar-refractivity contribution in [3.05, 3.63) is 59.7 Å². The Bertz CT molecular complexity index is 586. The molecule has 1 atom stereocenters. The molecule has 4 nitrogen and oxygen atoms in total. The summed E-state index contributed by atoms with van der Waals surface area (Å²) in [4.78, 5) is 2.13. The van der Waals surface area contributed by atoms with Gasteiger partial charge in [0.05, 0.1) is 7.11 Å². The first-order valence-corrected chi connectivity index (χ1v) is 7.37. The summed E-state index contributed by atoms with van der Waals surface area (Å²) in [5.74, 6) is 0.975. The van der Waals surface area contributed by atoms with Crippen LogP contribution >= 0.6 is 0 Å². The molecule has 118 valence electrons. The SMILES string of the molecule is COc1ccc(O)c(CN(C)C(CCO)c2ccccc2)c1. The first kappa shape index (κ1) is 16.3. The van der Waals surface area contributed by atoms with Crippen molar-refractivity contribution in [1.29, 1.82) is 0 Å². The highest BCUT2D eigenvalue weighted by atomic mass is 16.5. The molecule has 0 amide bonds. The lowest BCUT2D eigenvalue weighted by atomic mass is 10.0. The molecule has 0 aromatic heterocycles. The summed E-state index contributed by atoms with van der Waals surface area (Å²) in [6, 6.07) is 15.4. The number of aliphatic hydroxyl groups is 1. The van der Waals surface area contributed by atoms with Crippen molar-refractivity contribution in [1.82, 2.24) is 4.90 Å². The van der Waals surface area contributed by atoms with Crippen LogP contribution in [0.4, 0.5) is 0 Å². The average Bonchev–Trinajstić information content (AvgIpc) is 2.55. The second-order valence-corrected chi connectivity index (χ2v) is 5.35. The number of nitrogens with zero attached hydrogens (tertiary/aromatic N) is 1. The van der Waals surface area contributed by atoms with Crippen LogP contribution in [-0.2, 0) is 6.54 Å². The zero-order chi connectivity index (χ0) is 15.9. The molecule has 0 aliphatic rings. The van der Waals surface area contributed by atoms with Gasteiger partial charge in [0.25, 0.3) is 0 Å². The molecule has 0 radical (unpaired) electrons. The van der Waals surface area contributed by atoms with E-state index in [1.165, 1.54) is 0 Å². The molecule has 0 spiro atoms. The first-order chi connectivity index (χ1) is 10.7. The molecule has 1 unspecified atom stereocenters. The average molecular weight is 301 g/mol. The van der Waals surface area contributed by atoms with Gasteiger partial charge in [-0.1, -0.05) is 30.3 Å². The molecule has 2 aromatic carbocycles. The Balaban J connectivity index is 2.19. The number of phenolic OH excluding ortho intramolecular Hbond substituents is 1. The van der Waals surface area contributed by atoms with Crippen molar-refractivity contribution in [3.8, 4) is 11.5 Å². The summed E-state index contributed by atoms with van der Waals surface area (Å²) in [7, 11) is 3.60. The first-order valence-electron chi connectivity index (χ1n) is 7.37. The zero-order valence-corrected chi connectivity index (χ0v) is 13.1. The second kappa shape index (κ2) is 7.82. The van der Waals surface area contributed by atoms with E-state index in [0.717, 1.165) is 16.9 Å². The lowest BCUT2D eigenvalue weighted by molar-refractivity contribution is 0.179. The van der Waals surface area contributed by atoms with Crippen LogP contribution in [0.2, 0.25) is 0 Å². The van der Waals surface area contributed by atoms with Gasteiger partial charge in [-0.05, 0) is 37.2 Å². The van der Waals surface area contributed by atoms with Crippen LogP contribution in [0.1, 0.15) is 23.6 Å². The summed E-state index contributed by atoms with van der Waals surface area (Å²) in [6.45, 7) is 0.691. The Labute approximate surface area is 131 Å². The van der Waals surface area contributed by atoms with Gasteiger partial charge in [-0.25, -0.2) is 0 Å². The highest BCUT2D eigenvalue weighted by Gasteiger charge is 2.18. The van der Waals surface area contributed by atoms with Gasteiger partial charge in [0.15, 0.2) is 0 Å². The van der Waals surface area contributed by atoms with Gasteiger partial charge >= 0.3 is 0 Å². The van der Waals surface area contributed by atoms with Crippen LogP contribution < -0.4 is 4.74 Å². The third-order valence-corrected chi connectivity index (χ3v) is 3.83. The maximum absolute atomic E-state index is 10.0. The maximum Gasteiger partial charge on any atom is 0.120 e. The summed E-state index contributed by atoms with van der Waals surface area (Å²) in [5.41, 5.74) is 1.96. The lowest BCUT2D eigenvalue weighted by Gasteiger charge is -2.28. The number of hydrogen-bond acceptors (Lipinski definition) is 4. The summed E-state index contributed by atoms with van der Waals surface area (Å²) in [6.07, 6.45) is 0.644.